The van der Waals surface area contributed by atoms with Crippen molar-refractivity contribution in [2.75, 3.05) is 31.5 Å². The first-order valence-electron chi connectivity index (χ1n) is 9.12. The number of rotatable bonds is 4. The van der Waals surface area contributed by atoms with Crippen LogP contribution in [0.1, 0.15) is 22.8 Å². The van der Waals surface area contributed by atoms with Crippen LogP contribution in [0, 0.1) is 6.92 Å². The monoisotopic (exact) mass is 435 g/mol. The Bertz CT molecular complexity index is 1050. The van der Waals surface area contributed by atoms with Gasteiger partial charge >= 0.3 is 0 Å². The van der Waals surface area contributed by atoms with Gasteiger partial charge in [-0.05, 0) is 42.8 Å². The highest BCUT2D eigenvalue weighted by Gasteiger charge is 2.29. The van der Waals surface area contributed by atoms with Gasteiger partial charge in [-0.15, -0.1) is 0 Å². The lowest BCUT2D eigenvalue weighted by Gasteiger charge is -2.33. The number of hydrogen-bond acceptors (Lipinski definition) is 4. The zero-order valence-electron chi connectivity index (χ0n) is 16.2. The van der Waals surface area contributed by atoms with Crippen LogP contribution in [-0.4, -0.2) is 55.6 Å². The van der Waals surface area contributed by atoms with E-state index < -0.39 is 15.9 Å². The average molecular weight is 436 g/mol. The number of nitrogens with one attached hydrogen (secondary N) is 1. The summed E-state index contributed by atoms with van der Waals surface area (Å²) in [5.41, 5.74) is 1.63. The maximum Gasteiger partial charge on any atom is 0.255 e. The third-order valence-corrected chi connectivity index (χ3v) is 7.00. The van der Waals surface area contributed by atoms with Crippen molar-refractivity contribution in [3.05, 3.63) is 58.6 Å². The van der Waals surface area contributed by atoms with E-state index in [2.05, 4.69) is 5.32 Å². The summed E-state index contributed by atoms with van der Waals surface area (Å²) >= 11 is 6.16. The van der Waals surface area contributed by atoms with Crippen LogP contribution < -0.4 is 5.32 Å². The van der Waals surface area contributed by atoms with Gasteiger partial charge in [-0.2, -0.15) is 4.31 Å². The first-order valence-corrected chi connectivity index (χ1v) is 10.9. The topological polar surface area (TPSA) is 86.8 Å². The second-order valence-corrected chi connectivity index (χ2v) is 9.22. The first kappa shape index (κ1) is 21.3. The predicted molar refractivity (Wildman–Crippen MR) is 112 cm³/mol. The van der Waals surface area contributed by atoms with Gasteiger partial charge in [-0.1, -0.05) is 23.7 Å². The molecule has 1 N–H and O–H groups in total. The van der Waals surface area contributed by atoms with Crippen molar-refractivity contribution in [3.8, 4) is 0 Å². The summed E-state index contributed by atoms with van der Waals surface area (Å²) in [5.74, 6) is -0.523. The maximum atomic E-state index is 13.0. The summed E-state index contributed by atoms with van der Waals surface area (Å²) in [6.45, 7) is 4.49. The van der Waals surface area contributed by atoms with E-state index in [0.717, 1.165) is 5.56 Å². The Hall–Kier alpha value is -2.42. The summed E-state index contributed by atoms with van der Waals surface area (Å²) in [7, 11) is -3.76. The Morgan fingerprint density at radius 2 is 1.72 bits per heavy atom. The molecule has 0 bridgehead atoms. The molecule has 0 aliphatic carbocycles. The van der Waals surface area contributed by atoms with E-state index in [0.29, 0.717) is 23.8 Å². The van der Waals surface area contributed by atoms with Gasteiger partial charge in [0.25, 0.3) is 5.91 Å². The van der Waals surface area contributed by atoms with Crippen molar-refractivity contribution >= 4 is 39.1 Å². The van der Waals surface area contributed by atoms with E-state index in [1.54, 1.807) is 23.1 Å². The fraction of sp³-hybridized carbons (Fsp3) is 0.300. The highest BCUT2D eigenvalue weighted by Crippen LogP contribution is 2.24. The lowest BCUT2D eigenvalue weighted by atomic mass is 10.2. The average Bonchev–Trinajstić information content (AvgIpc) is 2.70. The lowest BCUT2D eigenvalue weighted by molar-refractivity contribution is -0.129. The molecule has 0 spiro atoms. The molecule has 3 rings (SSSR count). The Morgan fingerprint density at radius 3 is 2.34 bits per heavy atom. The molecule has 0 atom stereocenters. The molecule has 29 heavy (non-hydrogen) atoms. The van der Waals surface area contributed by atoms with Gasteiger partial charge in [0, 0.05) is 38.7 Å². The van der Waals surface area contributed by atoms with Gasteiger partial charge in [-0.3, -0.25) is 9.59 Å². The second kappa shape index (κ2) is 8.52. The van der Waals surface area contributed by atoms with Gasteiger partial charge in [0.15, 0.2) is 0 Å². The van der Waals surface area contributed by atoms with E-state index >= 15 is 0 Å². The van der Waals surface area contributed by atoms with Gasteiger partial charge in [0.1, 0.15) is 0 Å². The highest BCUT2D eigenvalue weighted by molar-refractivity contribution is 7.89. The Labute approximate surface area is 175 Å². The number of anilines is 1. The van der Waals surface area contributed by atoms with Gasteiger partial charge in [0.2, 0.25) is 15.9 Å². The standard InChI is InChI=1S/C20H22ClN3O4S/c1-14-6-7-19(18(21)12-14)22-20(26)16-4-3-5-17(13-16)29(27,28)24-10-8-23(9-11-24)15(2)25/h3-7,12-13H,8-11H2,1-2H3,(H,22,26). The lowest BCUT2D eigenvalue weighted by Crippen LogP contribution is -2.49. The summed E-state index contributed by atoms with van der Waals surface area (Å²) in [6.07, 6.45) is 0. The van der Waals surface area contributed by atoms with Crippen molar-refractivity contribution in [2.24, 2.45) is 0 Å². The number of hydrogen-bond donors (Lipinski definition) is 1. The number of carbonyl (C=O) groups excluding carboxylic acids is 2. The zero-order chi connectivity index (χ0) is 21.2. The Balaban J connectivity index is 1.78. The predicted octanol–water partition coefficient (Wildman–Crippen LogP) is 2.75. The number of sulfonamides is 1. The van der Waals surface area contributed by atoms with Crippen LogP contribution in [0.25, 0.3) is 0 Å². The molecular formula is C20H22ClN3O4S. The molecule has 1 fully saturated rings. The van der Waals surface area contributed by atoms with Gasteiger partial charge in [0.05, 0.1) is 15.6 Å². The smallest absolute Gasteiger partial charge is 0.255 e. The highest BCUT2D eigenvalue weighted by atomic mass is 35.5. The molecular weight excluding hydrogens is 414 g/mol. The van der Waals surface area contributed by atoms with Crippen LogP contribution in [0.5, 0.6) is 0 Å². The molecule has 2 aromatic carbocycles. The molecule has 7 nitrogen and oxygen atoms in total. The third-order valence-electron chi connectivity index (χ3n) is 4.79. The minimum Gasteiger partial charge on any atom is -0.340 e. The number of benzene rings is 2. The quantitative estimate of drug-likeness (QED) is 0.799. The van der Waals surface area contributed by atoms with E-state index in [9.17, 15) is 18.0 Å². The fourth-order valence-corrected chi connectivity index (χ4v) is 4.86. The molecule has 0 aromatic heterocycles. The van der Waals surface area contributed by atoms with E-state index in [4.69, 9.17) is 11.6 Å². The zero-order valence-corrected chi connectivity index (χ0v) is 17.8. The Kier molecular flexibility index (Phi) is 6.26. The number of nitrogens with zero attached hydrogens (tertiary/aromatic N) is 2. The van der Waals surface area contributed by atoms with E-state index in [-0.39, 0.29) is 29.5 Å². The van der Waals surface area contributed by atoms with Crippen LogP contribution in [0.4, 0.5) is 5.69 Å². The molecule has 2 amide bonds. The summed E-state index contributed by atoms with van der Waals surface area (Å²) in [5, 5.41) is 3.11. The minimum atomic E-state index is -3.76. The van der Waals surface area contributed by atoms with Crippen LogP contribution in [0.2, 0.25) is 5.02 Å². The molecule has 9 heteroatoms. The van der Waals surface area contributed by atoms with E-state index in [1.807, 2.05) is 13.0 Å². The maximum absolute atomic E-state index is 13.0. The second-order valence-electron chi connectivity index (χ2n) is 6.88. The van der Waals surface area contributed by atoms with Crippen molar-refractivity contribution in [1.29, 1.82) is 0 Å². The van der Waals surface area contributed by atoms with Crippen molar-refractivity contribution in [3.63, 3.8) is 0 Å². The first-order chi connectivity index (χ1) is 13.7. The molecule has 0 unspecified atom stereocenters. The molecule has 1 saturated heterocycles. The summed E-state index contributed by atoms with van der Waals surface area (Å²) in [4.78, 5) is 25.7. The molecule has 1 aliphatic heterocycles. The van der Waals surface area contributed by atoms with Crippen molar-refractivity contribution in [2.45, 2.75) is 18.7 Å². The largest absolute Gasteiger partial charge is 0.340 e. The third kappa shape index (κ3) is 4.77. The summed E-state index contributed by atoms with van der Waals surface area (Å²) < 4.78 is 27.2. The van der Waals surface area contributed by atoms with Crippen LogP contribution >= 0.6 is 11.6 Å². The molecule has 0 radical (unpaired) electrons. The number of amides is 2. The van der Waals surface area contributed by atoms with Gasteiger partial charge < -0.3 is 10.2 Å². The minimum absolute atomic E-state index is 0.0384. The molecule has 0 saturated carbocycles. The van der Waals surface area contributed by atoms with Crippen LogP contribution in [0.15, 0.2) is 47.4 Å². The number of piperazine rings is 1. The molecule has 154 valence electrons. The number of halogens is 1. The SMILES string of the molecule is CC(=O)N1CCN(S(=O)(=O)c2cccc(C(=O)Nc3ccc(C)cc3Cl)c2)CC1. The van der Waals surface area contributed by atoms with E-state index in [1.165, 1.54) is 29.4 Å². The molecule has 2 aromatic rings. The van der Waals surface area contributed by atoms with Crippen molar-refractivity contribution in [1.82, 2.24) is 9.21 Å². The number of aryl methyl sites for hydroxylation is 1. The normalized spacial score (nSPS) is 15.2. The van der Waals surface area contributed by atoms with Crippen LogP contribution in [0.3, 0.4) is 0 Å². The van der Waals surface area contributed by atoms with Crippen molar-refractivity contribution < 1.29 is 18.0 Å². The molecule has 1 aliphatic rings. The molecule has 1 heterocycles. The summed E-state index contributed by atoms with van der Waals surface area (Å²) in [6, 6.07) is 11.1. The fourth-order valence-electron chi connectivity index (χ4n) is 3.11. The Morgan fingerprint density at radius 1 is 1.03 bits per heavy atom. The van der Waals surface area contributed by atoms with Gasteiger partial charge in [-0.25, -0.2) is 8.42 Å². The number of carbonyl (C=O) groups is 2. The van der Waals surface area contributed by atoms with Crippen LogP contribution in [-0.2, 0) is 14.8 Å².